The average molecular weight is 348 g/mol. The number of pyridine rings is 1. The third-order valence-corrected chi connectivity index (χ3v) is 5.80. The molecule has 0 N–H and O–H groups in total. The van der Waals surface area contributed by atoms with Crippen LogP contribution in [0, 0.1) is 10.1 Å². The molecule has 8 heteroatoms. The first-order chi connectivity index (χ1) is 8.91. The highest BCUT2D eigenvalue weighted by Gasteiger charge is 2.32. The molecule has 1 aliphatic rings. The van der Waals surface area contributed by atoms with E-state index in [1.807, 2.05) is 18.7 Å². The van der Waals surface area contributed by atoms with Crippen LogP contribution in [0.4, 0.5) is 11.5 Å². The Morgan fingerprint density at radius 3 is 2.84 bits per heavy atom. The zero-order chi connectivity index (χ0) is 14.2. The van der Waals surface area contributed by atoms with Crippen molar-refractivity contribution < 1.29 is 9.13 Å². The molecular weight excluding hydrogens is 334 g/mol. The first-order valence-electron chi connectivity index (χ1n) is 5.85. The van der Waals surface area contributed by atoms with E-state index in [9.17, 15) is 14.3 Å². The van der Waals surface area contributed by atoms with Gasteiger partial charge in [-0.3, -0.25) is 14.3 Å². The summed E-state index contributed by atoms with van der Waals surface area (Å²) in [6.07, 6.45) is 1.25. The number of anilines is 1. The van der Waals surface area contributed by atoms with Gasteiger partial charge in [-0.1, -0.05) is 0 Å². The molecule has 0 bridgehead atoms. The topological polar surface area (TPSA) is 76.3 Å². The molecule has 1 aromatic rings. The number of nitro groups is 1. The molecule has 0 saturated carbocycles. The third-order valence-electron chi connectivity index (χ3n) is 3.41. The van der Waals surface area contributed by atoms with E-state index in [4.69, 9.17) is 0 Å². The normalized spacial score (nSPS) is 27.3. The van der Waals surface area contributed by atoms with Crippen LogP contribution in [0.2, 0.25) is 0 Å². The fourth-order valence-electron chi connectivity index (χ4n) is 2.08. The van der Waals surface area contributed by atoms with Gasteiger partial charge in [-0.2, -0.15) is 0 Å². The average Bonchev–Trinajstić information content (AvgIpc) is 2.37. The smallest absolute Gasteiger partial charge is 0.288 e. The van der Waals surface area contributed by atoms with Crippen LogP contribution in [0.25, 0.3) is 0 Å². The Bertz CT molecular complexity index is 540. The molecule has 1 aliphatic heterocycles. The van der Waals surface area contributed by atoms with E-state index in [2.05, 4.69) is 20.9 Å². The second-order valence-electron chi connectivity index (χ2n) is 4.48. The third kappa shape index (κ3) is 2.79. The summed E-state index contributed by atoms with van der Waals surface area (Å²) in [5, 5.41) is 10.7. The summed E-state index contributed by atoms with van der Waals surface area (Å²) < 4.78 is 12.4. The maximum atomic E-state index is 11.8. The van der Waals surface area contributed by atoms with Crippen LogP contribution in [0.3, 0.4) is 0 Å². The van der Waals surface area contributed by atoms with Crippen LogP contribution in [-0.2, 0) is 10.8 Å². The molecule has 1 aromatic heterocycles. The second-order valence-corrected chi connectivity index (χ2v) is 7.25. The lowest BCUT2D eigenvalue weighted by Crippen LogP contribution is -2.50. The minimum absolute atomic E-state index is 0.0445. The van der Waals surface area contributed by atoms with Gasteiger partial charge in [0.15, 0.2) is 0 Å². The van der Waals surface area contributed by atoms with Crippen LogP contribution in [-0.4, -0.2) is 37.7 Å². The summed E-state index contributed by atoms with van der Waals surface area (Å²) in [6, 6.07) is 1.53. The van der Waals surface area contributed by atoms with Crippen molar-refractivity contribution in [1.82, 2.24) is 4.98 Å². The molecule has 2 heterocycles. The van der Waals surface area contributed by atoms with Gasteiger partial charge in [-0.25, -0.2) is 4.98 Å². The number of hydrogen-bond donors (Lipinski definition) is 0. The van der Waals surface area contributed by atoms with Gasteiger partial charge in [0.25, 0.3) is 5.69 Å². The number of halogens is 1. The molecule has 6 nitrogen and oxygen atoms in total. The molecule has 1 fully saturated rings. The predicted octanol–water partition coefficient (Wildman–Crippen LogP) is 2.10. The van der Waals surface area contributed by atoms with Crippen molar-refractivity contribution in [2.45, 2.75) is 25.1 Å². The van der Waals surface area contributed by atoms with Crippen LogP contribution >= 0.6 is 15.9 Å². The highest BCUT2D eigenvalue weighted by molar-refractivity contribution is 9.10. The lowest BCUT2D eigenvalue weighted by Gasteiger charge is -2.38. The SMILES string of the molecule is C[C@@H]1[C@H](C)[S@](=O)CCN1c1ncc([N+](=O)[O-])cc1Br. The van der Waals surface area contributed by atoms with Crippen LogP contribution in [0.5, 0.6) is 0 Å². The van der Waals surface area contributed by atoms with E-state index >= 15 is 0 Å². The van der Waals surface area contributed by atoms with E-state index in [-0.39, 0.29) is 17.0 Å². The molecule has 2 rings (SSSR count). The molecular formula is C11H14BrN3O3S. The summed E-state index contributed by atoms with van der Waals surface area (Å²) in [5.41, 5.74) is -0.0445. The predicted molar refractivity (Wildman–Crippen MR) is 77.9 cm³/mol. The van der Waals surface area contributed by atoms with E-state index < -0.39 is 15.7 Å². The molecule has 0 aliphatic carbocycles. The summed E-state index contributed by atoms with van der Waals surface area (Å²) in [4.78, 5) is 16.4. The number of rotatable bonds is 2. The van der Waals surface area contributed by atoms with E-state index in [0.29, 0.717) is 22.6 Å². The Morgan fingerprint density at radius 2 is 2.26 bits per heavy atom. The van der Waals surface area contributed by atoms with Crippen molar-refractivity contribution in [2.24, 2.45) is 0 Å². The zero-order valence-corrected chi connectivity index (χ0v) is 13.0. The van der Waals surface area contributed by atoms with Crippen LogP contribution < -0.4 is 4.90 Å². The molecule has 0 spiro atoms. The van der Waals surface area contributed by atoms with Gasteiger partial charge in [0.2, 0.25) is 0 Å². The number of aromatic nitrogens is 1. The van der Waals surface area contributed by atoms with Gasteiger partial charge in [0.05, 0.1) is 14.6 Å². The molecule has 0 amide bonds. The standard InChI is InChI=1S/C11H14BrN3O3S/c1-7-8(2)19(18)4-3-14(7)11-10(12)5-9(6-13-11)15(16)17/h5-8H,3-4H2,1-2H3/t7-,8+,19-/m1/s1. The van der Waals surface area contributed by atoms with Gasteiger partial charge >= 0.3 is 0 Å². The lowest BCUT2D eigenvalue weighted by molar-refractivity contribution is -0.385. The second kappa shape index (κ2) is 5.54. The fourth-order valence-corrected chi connectivity index (χ4v) is 3.98. The van der Waals surface area contributed by atoms with Crippen molar-refractivity contribution >= 4 is 38.2 Å². The Hall–Kier alpha value is -1.02. The van der Waals surface area contributed by atoms with Gasteiger partial charge in [-0.15, -0.1) is 0 Å². The maximum absolute atomic E-state index is 11.8. The van der Waals surface area contributed by atoms with E-state index in [0.717, 1.165) is 0 Å². The zero-order valence-electron chi connectivity index (χ0n) is 10.6. The monoisotopic (exact) mass is 347 g/mol. The summed E-state index contributed by atoms with van der Waals surface area (Å²) in [7, 11) is -0.821. The van der Waals surface area contributed by atoms with Crippen molar-refractivity contribution in [3.05, 3.63) is 26.9 Å². The fraction of sp³-hybridized carbons (Fsp3) is 0.545. The summed E-state index contributed by atoms with van der Waals surface area (Å²) in [5.74, 6) is 1.26. The minimum atomic E-state index is -0.821. The molecule has 0 unspecified atom stereocenters. The molecule has 19 heavy (non-hydrogen) atoms. The molecule has 0 aromatic carbocycles. The van der Waals surface area contributed by atoms with Crippen molar-refractivity contribution in [3.63, 3.8) is 0 Å². The van der Waals surface area contributed by atoms with Crippen molar-refractivity contribution in [1.29, 1.82) is 0 Å². The van der Waals surface area contributed by atoms with Crippen molar-refractivity contribution in [3.8, 4) is 0 Å². The summed E-state index contributed by atoms with van der Waals surface area (Å²) >= 11 is 3.33. The van der Waals surface area contributed by atoms with E-state index in [1.165, 1.54) is 12.3 Å². The first-order valence-corrected chi connectivity index (χ1v) is 8.03. The number of nitrogens with zero attached hydrogens (tertiary/aromatic N) is 3. The molecule has 3 atom stereocenters. The lowest BCUT2D eigenvalue weighted by atomic mass is 10.2. The largest absolute Gasteiger partial charge is 0.351 e. The minimum Gasteiger partial charge on any atom is -0.351 e. The quantitative estimate of drug-likeness (QED) is 0.604. The molecule has 1 saturated heterocycles. The summed E-state index contributed by atoms with van der Waals surface area (Å²) in [6.45, 7) is 4.59. The Labute approximate surface area is 121 Å². The molecule has 104 valence electrons. The van der Waals surface area contributed by atoms with Gasteiger partial charge in [0.1, 0.15) is 12.0 Å². The van der Waals surface area contributed by atoms with Crippen LogP contribution in [0.1, 0.15) is 13.8 Å². The van der Waals surface area contributed by atoms with E-state index in [1.54, 1.807) is 0 Å². The Balaban J connectivity index is 2.32. The number of hydrogen-bond acceptors (Lipinski definition) is 5. The van der Waals surface area contributed by atoms with Crippen LogP contribution in [0.15, 0.2) is 16.7 Å². The maximum Gasteiger partial charge on any atom is 0.288 e. The van der Waals surface area contributed by atoms with Gasteiger partial charge in [0, 0.05) is 35.2 Å². The van der Waals surface area contributed by atoms with Gasteiger partial charge < -0.3 is 4.90 Å². The van der Waals surface area contributed by atoms with Crippen molar-refractivity contribution in [2.75, 3.05) is 17.2 Å². The molecule has 0 radical (unpaired) electrons. The highest BCUT2D eigenvalue weighted by atomic mass is 79.9. The first kappa shape index (κ1) is 14.4. The van der Waals surface area contributed by atoms with Gasteiger partial charge in [-0.05, 0) is 29.8 Å². The Kier molecular flexibility index (Phi) is 4.19. The highest BCUT2D eigenvalue weighted by Crippen LogP contribution is 2.31. The Morgan fingerprint density at radius 1 is 1.58 bits per heavy atom.